The number of allylic oxidation sites excluding steroid dienone is 2. The molecule has 0 saturated heterocycles. The lowest BCUT2D eigenvalue weighted by molar-refractivity contribution is -0.120. The minimum atomic E-state index is -4.48. The van der Waals surface area contributed by atoms with Crippen LogP contribution in [0.1, 0.15) is 103 Å². The molecule has 0 aromatic rings. The van der Waals surface area contributed by atoms with Gasteiger partial charge in [-0.05, 0) is 38.5 Å². The zero-order valence-electron chi connectivity index (χ0n) is 17.7. The van der Waals surface area contributed by atoms with Crippen molar-refractivity contribution >= 4 is 13.6 Å². The molecule has 1 unspecified atom stereocenters. The van der Waals surface area contributed by atoms with Crippen LogP contribution in [0.4, 0.5) is 0 Å². The Kier molecular flexibility index (Phi) is 18.2. The van der Waals surface area contributed by atoms with Gasteiger partial charge in [0.05, 0.1) is 12.6 Å². The summed E-state index contributed by atoms with van der Waals surface area (Å²) < 4.78 is 14.9. The van der Waals surface area contributed by atoms with Gasteiger partial charge in [-0.2, -0.15) is 0 Å². The first kappa shape index (κ1) is 27.5. The number of unbranched alkanes of at least 4 members (excludes halogenated alkanes) is 11. The largest absolute Gasteiger partial charge is 0.469 e. The first-order valence-corrected chi connectivity index (χ1v) is 12.5. The second-order valence-corrected chi connectivity index (χ2v) is 8.76. The summed E-state index contributed by atoms with van der Waals surface area (Å²) >= 11 is 0. The SMILES string of the molecule is CCCCCCCCC=CCCCCCCCC(=O)C(N)CCOP(=O)(O)O. The minimum Gasteiger partial charge on any atom is -0.321 e. The molecule has 0 rings (SSSR count). The zero-order chi connectivity index (χ0) is 21.1. The molecule has 0 aromatic heterocycles. The van der Waals surface area contributed by atoms with E-state index in [1.54, 1.807) is 0 Å². The van der Waals surface area contributed by atoms with Crippen molar-refractivity contribution < 1.29 is 23.7 Å². The van der Waals surface area contributed by atoms with Crippen LogP contribution in [-0.4, -0.2) is 28.2 Å². The molecule has 7 heteroatoms. The lowest BCUT2D eigenvalue weighted by Gasteiger charge is -2.11. The number of carbonyl (C=O) groups excluding carboxylic acids is 1. The first-order chi connectivity index (χ1) is 13.4. The Labute approximate surface area is 171 Å². The third kappa shape index (κ3) is 20.2. The van der Waals surface area contributed by atoms with E-state index in [2.05, 4.69) is 23.6 Å². The highest BCUT2D eigenvalue weighted by molar-refractivity contribution is 7.46. The zero-order valence-corrected chi connectivity index (χ0v) is 18.6. The predicted molar refractivity (Wildman–Crippen MR) is 115 cm³/mol. The van der Waals surface area contributed by atoms with Crippen LogP contribution in [0.3, 0.4) is 0 Å². The molecule has 0 fully saturated rings. The topological polar surface area (TPSA) is 110 Å². The Morgan fingerprint density at radius 3 is 1.96 bits per heavy atom. The normalized spacial score (nSPS) is 13.3. The number of hydrogen-bond acceptors (Lipinski definition) is 4. The predicted octanol–water partition coefficient (Wildman–Crippen LogP) is 5.42. The summed E-state index contributed by atoms with van der Waals surface area (Å²) in [6, 6.07) is -0.705. The van der Waals surface area contributed by atoms with Gasteiger partial charge in [-0.15, -0.1) is 0 Å². The van der Waals surface area contributed by atoms with Crippen molar-refractivity contribution in [2.75, 3.05) is 6.61 Å². The first-order valence-electron chi connectivity index (χ1n) is 11.0. The fraction of sp³-hybridized carbons (Fsp3) is 0.857. The molecule has 6 nitrogen and oxygen atoms in total. The monoisotopic (exact) mass is 419 g/mol. The van der Waals surface area contributed by atoms with E-state index in [1.807, 2.05) is 0 Å². The van der Waals surface area contributed by atoms with E-state index in [0.29, 0.717) is 6.42 Å². The molecular formula is C21H42NO5P. The summed E-state index contributed by atoms with van der Waals surface area (Å²) in [5.41, 5.74) is 5.72. The van der Waals surface area contributed by atoms with Crippen LogP contribution in [0.2, 0.25) is 0 Å². The highest BCUT2D eigenvalue weighted by Crippen LogP contribution is 2.35. The summed E-state index contributed by atoms with van der Waals surface area (Å²) in [7, 11) is -4.48. The van der Waals surface area contributed by atoms with Gasteiger partial charge in [0.2, 0.25) is 0 Å². The lowest BCUT2D eigenvalue weighted by atomic mass is 10.0. The molecule has 0 radical (unpaired) electrons. The molecule has 0 aromatic carbocycles. The molecule has 1 atom stereocenters. The number of Topliss-reactive ketones (excluding diaryl/α,β-unsaturated/α-hetero) is 1. The number of phosphoric ester groups is 1. The van der Waals surface area contributed by atoms with Crippen molar-refractivity contribution in [2.24, 2.45) is 5.73 Å². The molecule has 0 aliphatic carbocycles. The van der Waals surface area contributed by atoms with Crippen LogP contribution >= 0.6 is 7.82 Å². The van der Waals surface area contributed by atoms with Crippen LogP contribution in [0.15, 0.2) is 12.2 Å². The molecule has 28 heavy (non-hydrogen) atoms. The average Bonchev–Trinajstić information content (AvgIpc) is 2.63. The van der Waals surface area contributed by atoms with E-state index in [-0.39, 0.29) is 18.8 Å². The van der Waals surface area contributed by atoms with Gasteiger partial charge in [-0.25, -0.2) is 4.57 Å². The number of phosphoric acid groups is 1. The van der Waals surface area contributed by atoms with E-state index >= 15 is 0 Å². The lowest BCUT2D eigenvalue weighted by Crippen LogP contribution is -2.31. The van der Waals surface area contributed by atoms with Crippen LogP contribution in [0.5, 0.6) is 0 Å². The van der Waals surface area contributed by atoms with Crippen LogP contribution in [0, 0.1) is 0 Å². The molecule has 0 spiro atoms. The fourth-order valence-corrected chi connectivity index (χ4v) is 3.36. The maximum absolute atomic E-state index is 11.8. The van der Waals surface area contributed by atoms with Crippen molar-refractivity contribution in [1.82, 2.24) is 0 Å². The molecule has 0 aliphatic heterocycles. The summed E-state index contributed by atoms with van der Waals surface area (Å²) in [4.78, 5) is 29.0. The van der Waals surface area contributed by atoms with Gasteiger partial charge in [0.25, 0.3) is 0 Å². The van der Waals surface area contributed by atoms with Crippen molar-refractivity contribution in [1.29, 1.82) is 0 Å². The van der Waals surface area contributed by atoms with E-state index in [9.17, 15) is 9.36 Å². The smallest absolute Gasteiger partial charge is 0.321 e. The molecule has 0 heterocycles. The second-order valence-electron chi connectivity index (χ2n) is 7.52. The Balaban J connectivity index is 3.41. The third-order valence-electron chi connectivity index (χ3n) is 4.79. The maximum atomic E-state index is 11.8. The van der Waals surface area contributed by atoms with Gasteiger partial charge in [-0.1, -0.05) is 70.4 Å². The Morgan fingerprint density at radius 2 is 1.43 bits per heavy atom. The van der Waals surface area contributed by atoms with Gasteiger partial charge in [0.1, 0.15) is 5.78 Å². The van der Waals surface area contributed by atoms with E-state index < -0.39 is 13.9 Å². The van der Waals surface area contributed by atoms with Crippen molar-refractivity contribution in [3.63, 3.8) is 0 Å². The van der Waals surface area contributed by atoms with E-state index in [1.165, 1.54) is 57.8 Å². The third-order valence-corrected chi connectivity index (χ3v) is 5.31. The molecule has 0 bridgehead atoms. The Morgan fingerprint density at radius 1 is 0.929 bits per heavy atom. The standard InChI is InChI=1S/C21H42NO5P/c1-2-3-4-5-6-7-8-9-10-11-12-13-14-15-16-17-21(23)20(22)18-19-27-28(24,25)26/h9-10,20H,2-8,11-19,22H2,1H3,(H2,24,25,26). The van der Waals surface area contributed by atoms with Crippen molar-refractivity contribution in [3.05, 3.63) is 12.2 Å². The fourth-order valence-electron chi connectivity index (χ4n) is 3.01. The molecule has 0 saturated carbocycles. The highest BCUT2D eigenvalue weighted by Gasteiger charge is 2.17. The minimum absolute atomic E-state index is 0.0630. The average molecular weight is 420 g/mol. The van der Waals surface area contributed by atoms with Crippen molar-refractivity contribution in [2.45, 2.75) is 109 Å². The van der Waals surface area contributed by atoms with Gasteiger partial charge in [0.15, 0.2) is 0 Å². The molecule has 4 N–H and O–H groups in total. The highest BCUT2D eigenvalue weighted by atomic mass is 31.2. The van der Waals surface area contributed by atoms with Crippen LogP contribution < -0.4 is 5.73 Å². The number of rotatable bonds is 20. The summed E-state index contributed by atoms with van der Waals surface area (Å²) in [6.45, 7) is 2.04. The summed E-state index contributed by atoms with van der Waals surface area (Å²) in [6.07, 6.45) is 20.9. The van der Waals surface area contributed by atoms with E-state index in [0.717, 1.165) is 25.7 Å². The van der Waals surface area contributed by atoms with Gasteiger partial charge >= 0.3 is 7.82 Å². The van der Waals surface area contributed by atoms with Crippen LogP contribution in [-0.2, 0) is 13.9 Å². The number of hydrogen-bond donors (Lipinski definition) is 3. The molecule has 166 valence electrons. The Bertz CT molecular complexity index is 450. The van der Waals surface area contributed by atoms with Crippen LogP contribution in [0.25, 0.3) is 0 Å². The van der Waals surface area contributed by atoms with Gasteiger partial charge in [-0.3, -0.25) is 9.32 Å². The van der Waals surface area contributed by atoms with E-state index in [4.69, 9.17) is 15.5 Å². The van der Waals surface area contributed by atoms with Crippen molar-refractivity contribution in [3.8, 4) is 0 Å². The summed E-state index contributed by atoms with van der Waals surface area (Å²) in [5, 5.41) is 0. The maximum Gasteiger partial charge on any atom is 0.469 e. The summed E-state index contributed by atoms with van der Waals surface area (Å²) in [5.74, 6) is -0.0630. The second kappa shape index (κ2) is 18.5. The number of nitrogens with two attached hydrogens (primary N) is 1. The quantitative estimate of drug-likeness (QED) is 0.138. The molecule has 0 amide bonds. The van der Waals surface area contributed by atoms with Gasteiger partial charge < -0.3 is 15.5 Å². The number of ketones is 1. The Hall–Kier alpha value is -0.520. The van der Waals surface area contributed by atoms with Gasteiger partial charge in [0, 0.05) is 6.42 Å². The molecule has 0 aliphatic rings. The molecular weight excluding hydrogens is 377 g/mol. The number of carbonyl (C=O) groups is 1.